The number of benzene rings is 1. The number of hydrogen-bond donors (Lipinski definition) is 1. The predicted octanol–water partition coefficient (Wildman–Crippen LogP) is 2.45. The second-order valence-corrected chi connectivity index (χ2v) is 8.74. The van der Waals surface area contributed by atoms with Crippen molar-refractivity contribution in [2.75, 3.05) is 31.3 Å². The van der Waals surface area contributed by atoms with Crippen LogP contribution in [0.4, 0.5) is 23.5 Å². The maximum Gasteiger partial charge on any atom is 0.422 e. The molecule has 3 rings (SSSR count). The molecule has 1 saturated heterocycles. The smallest absolute Gasteiger partial charge is 0.422 e. The first-order valence-electron chi connectivity index (χ1n) is 8.93. The lowest BCUT2D eigenvalue weighted by Gasteiger charge is -2.30. The number of aromatic nitrogens is 3. The number of hydrogen-bond acceptors (Lipinski definition) is 7. The highest BCUT2D eigenvalue weighted by Gasteiger charge is 2.30. The van der Waals surface area contributed by atoms with Gasteiger partial charge in [-0.15, -0.1) is 0 Å². The zero-order valence-corrected chi connectivity index (χ0v) is 16.7. The molecular formula is C17H19F4N5O3S. The Morgan fingerprint density at radius 3 is 2.33 bits per heavy atom. The summed E-state index contributed by atoms with van der Waals surface area (Å²) in [6.07, 6.45) is -2.52. The fraction of sp³-hybridized carbons (Fsp3) is 0.471. The number of ether oxygens (including phenoxy) is 1. The fourth-order valence-electron chi connectivity index (χ4n) is 2.87. The van der Waals surface area contributed by atoms with Gasteiger partial charge in [-0.05, 0) is 37.1 Å². The van der Waals surface area contributed by atoms with Gasteiger partial charge in [0, 0.05) is 24.7 Å². The van der Waals surface area contributed by atoms with E-state index in [2.05, 4.69) is 25.0 Å². The van der Waals surface area contributed by atoms with Crippen LogP contribution < -0.4 is 10.1 Å². The molecule has 2 heterocycles. The van der Waals surface area contributed by atoms with Crippen LogP contribution in [0, 0.1) is 5.82 Å². The molecule has 1 aliphatic rings. The number of alkyl halides is 3. The van der Waals surface area contributed by atoms with Crippen molar-refractivity contribution in [1.29, 1.82) is 0 Å². The minimum absolute atomic E-state index is 0.0123. The number of anilines is 1. The van der Waals surface area contributed by atoms with Crippen molar-refractivity contribution in [3.05, 3.63) is 30.1 Å². The average molecular weight is 449 g/mol. The van der Waals surface area contributed by atoms with Crippen LogP contribution in [0.2, 0.25) is 0 Å². The number of halogens is 4. The van der Waals surface area contributed by atoms with Crippen LogP contribution in [0.1, 0.15) is 12.8 Å². The molecule has 164 valence electrons. The Balaban J connectivity index is 1.80. The van der Waals surface area contributed by atoms with Crippen LogP contribution in [0.15, 0.2) is 24.3 Å². The highest BCUT2D eigenvalue weighted by molar-refractivity contribution is 7.88. The predicted molar refractivity (Wildman–Crippen MR) is 99.8 cm³/mol. The number of nitrogens with zero attached hydrogens (tertiary/aromatic N) is 4. The van der Waals surface area contributed by atoms with Gasteiger partial charge < -0.3 is 10.1 Å². The Morgan fingerprint density at radius 2 is 1.77 bits per heavy atom. The summed E-state index contributed by atoms with van der Waals surface area (Å²) in [6, 6.07) is 4.38. The Kier molecular flexibility index (Phi) is 6.41. The molecule has 0 aliphatic carbocycles. The van der Waals surface area contributed by atoms with Crippen molar-refractivity contribution in [1.82, 2.24) is 19.3 Å². The molecule has 0 radical (unpaired) electrons. The van der Waals surface area contributed by atoms with Crippen molar-refractivity contribution >= 4 is 16.0 Å². The minimum atomic E-state index is -4.57. The third-order valence-corrected chi connectivity index (χ3v) is 5.64. The van der Waals surface area contributed by atoms with Gasteiger partial charge in [0.1, 0.15) is 5.82 Å². The normalized spacial score (nSPS) is 16.4. The molecular weight excluding hydrogens is 430 g/mol. The third kappa shape index (κ3) is 6.23. The molecule has 0 saturated carbocycles. The van der Waals surface area contributed by atoms with Crippen molar-refractivity contribution in [3.8, 4) is 17.4 Å². The van der Waals surface area contributed by atoms with E-state index >= 15 is 0 Å². The second kappa shape index (κ2) is 8.68. The molecule has 13 heteroatoms. The number of nitrogens with one attached hydrogen (secondary N) is 1. The van der Waals surface area contributed by atoms with Gasteiger partial charge in [-0.25, -0.2) is 17.1 Å². The second-order valence-electron chi connectivity index (χ2n) is 6.76. The topological polar surface area (TPSA) is 97.3 Å². The van der Waals surface area contributed by atoms with Crippen LogP contribution in [0.3, 0.4) is 0 Å². The number of sulfonamides is 1. The lowest BCUT2D eigenvalue weighted by molar-refractivity contribution is -0.154. The molecule has 0 amide bonds. The van der Waals surface area contributed by atoms with E-state index in [1.807, 2.05) is 0 Å². The zero-order chi connectivity index (χ0) is 21.9. The van der Waals surface area contributed by atoms with Crippen molar-refractivity contribution in [2.24, 2.45) is 0 Å². The van der Waals surface area contributed by atoms with Gasteiger partial charge in [-0.3, -0.25) is 0 Å². The minimum Gasteiger partial charge on any atom is -0.454 e. The molecule has 8 nitrogen and oxygen atoms in total. The number of piperidine rings is 1. The molecule has 0 atom stereocenters. The monoisotopic (exact) mass is 449 g/mol. The Labute approximate surface area is 170 Å². The Morgan fingerprint density at radius 1 is 1.13 bits per heavy atom. The maximum atomic E-state index is 13.2. The Bertz CT molecular complexity index is 978. The molecule has 1 aromatic carbocycles. The SMILES string of the molecule is CS(=O)(=O)N1CCC(Nc2nc(OCC(F)(F)F)nc(-c3ccc(F)cc3)n2)CC1. The highest BCUT2D eigenvalue weighted by atomic mass is 32.2. The molecule has 1 fully saturated rings. The summed E-state index contributed by atoms with van der Waals surface area (Å²) in [7, 11) is -3.29. The summed E-state index contributed by atoms with van der Waals surface area (Å²) in [5.41, 5.74) is 0.366. The molecule has 1 aromatic heterocycles. The van der Waals surface area contributed by atoms with E-state index in [0.29, 0.717) is 31.5 Å². The van der Waals surface area contributed by atoms with Gasteiger partial charge in [-0.2, -0.15) is 28.1 Å². The fourth-order valence-corrected chi connectivity index (χ4v) is 3.75. The molecule has 1 aliphatic heterocycles. The van der Waals surface area contributed by atoms with Gasteiger partial charge in [0.2, 0.25) is 16.0 Å². The van der Waals surface area contributed by atoms with E-state index in [1.54, 1.807) is 0 Å². The zero-order valence-electron chi connectivity index (χ0n) is 15.9. The average Bonchev–Trinajstić information content (AvgIpc) is 2.66. The highest BCUT2D eigenvalue weighted by Crippen LogP contribution is 2.23. The standard InChI is InChI=1S/C17H19F4N5O3S/c1-30(27,28)26-8-6-13(7-9-26)22-15-23-14(11-2-4-12(18)5-3-11)24-16(25-15)29-10-17(19,20)21/h2-5,13H,6-10H2,1H3,(H,22,23,24,25). The van der Waals surface area contributed by atoms with E-state index in [1.165, 1.54) is 28.6 Å². The van der Waals surface area contributed by atoms with E-state index in [-0.39, 0.29) is 17.8 Å². The summed E-state index contributed by atoms with van der Waals surface area (Å²) in [6.45, 7) is -0.986. The molecule has 0 unspecified atom stereocenters. The van der Waals surface area contributed by atoms with Gasteiger partial charge in [0.25, 0.3) is 0 Å². The van der Waals surface area contributed by atoms with Crippen molar-refractivity contribution < 1.29 is 30.7 Å². The first kappa shape index (κ1) is 22.2. The van der Waals surface area contributed by atoms with Crippen LogP contribution in [-0.2, 0) is 10.0 Å². The first-order valence-corrected chi connectivity index (χ1v) is 10.8. The number of rotatable bonds is 6. The lowest BCUT2D eigenvalue weighted by Crippen LogP contribution is -2.42. The summed E-state index contributed by atoms with van der Waals surface area (Å²) in [4.78, 5) is 12.0. The largest absolute Gasteiger partial charge is 0.454 e. The molecule has 0 spiro atoms. The van der Waals surface area contributed by atoms with Crippen molar-refractivity contribution in [2.45, 2.75) is 25.1 Å². The van der Waals surface area contributed by atoms with Crippen molar-refractivity contribution in [3.63, 3.8) is 0 Å². The van der Waals surface area contributed by atoms with E-state index in [9.17, 15) is 26.0 Å². The summed E-state index contributed by atoms with van der Waals surface area (Å²) in [5.74, 6) is -0.491. The van der Waals surface area contributed by atoms with Crippen LogP contribution in [0.5, 0.6) is 6.01 Å². The quantitative estimate of drug-likeness (QED) is 0.677. The van der Waals surface area contributed by atoms with Crippen LogP contribution >= 0.6 is 0 Å². The Hall–Kier alpha value is -2.54. The third-order valence-electron chi connectivity index (χ3n) is 4.34. The van der Waals surface area contributed by atoms with Gasteiger partial charge in [-0.1, -0.05) is 0 Å². The van der Waals surface area contributed by atoms with Gasteiger partial charge in [0.05, 0.1) is 6.26 Å². The maximum absolute atomic E-state index is 13.2. The van der Waals surface area contributed by atoms with Crippen LogP contribution in [-0.4, -0.2) is 65.8 Å². The molecule has 2 aromatic rings. The summed E-state index contributed by atoms with van der Waals surface area (Å²) < 4.78 is 79.9. The molecule has 30 heavy (non-hydrogen) atoms. The van der Waals surface area contributed by atoms with E-state index < -0.39 is 34.6 Å². The van der Waals surface area contributed by atoms with Gasteiger partial charge in [0.15, 0.2) is 12.4 Å². The summed E-state index contributed by atoms with van der Waals surface area (Å²) in [5, 5.41) is 2.99. The van der Waals surface area contributed by atoms with Gasteiger partial charge >= 0.3 is 12.2 Å². The first-order chi connectivity index (χ1) is 14.0. The van der Waals surface area contributed by atoms with Crippen LogP contribution in [0.25, 0.3) is 11.4 Å². The molecule has 1 N–H and O–H groups in total. The molecule has 0 bridgehead atoms. The lowest BCUT2D eigenvalue weighted by atomic mass is 10.1. The summed E-state index contributed by atoms with van der Waals surface area (Å²) >= 11 is 0. The van der Waals surface area contributed by atoms with E-state index in [4.69, 9.17) is 0 Å². The van der Waals surface area contributed by atoms with E-state index in [0.717, 1.165) is 6.26 Å².